The number of allylic oxidation sites excluding steroid dienone is 12. The number of benzene rings is 3. The maximum atomic E-state index is 4.72. The number of hydrogen-bond acceptors (Lipinski definition) is 2. The molecule has 2 heterocycles. The molecule has 2 nitrogen and oxygen atoms in total. The Morgan fingerprint density at radius 3 is 2.15 bits per heavy atom. The molecule has 194 valence electrons. The second kappa shape index (κ2) is 9.60. The molecule has 3 heteroatoms. The number of anilines is 4. The van der Waals surface area contributed by atoms with Crippen LogP contribution in [0.25, 0.3) is 0 Å². The summed E-state index contributed by atoms with van der Waals surface area (Å²) in [5.41, 5.74) is 12.3. The van der Waals surface area contributed by atoms with Crippen molar-refractivity contribution in [3.05, 3.63) is 162 Å². The Balaban J connectivity index is 1.62. The molecule has 2 aliphatic carbocycles. The van der Waals surface area contributed by atoms with Crippen molar-refractivity contribution in [2.45, 2.75) is 26.7 Å². The monoisotopic (exact) mass is 516 g/mol. The molecule has 0 fully saturated rings. The van der Waals surface area contributed by atoms with E-state index in [1.165, 1.54) is 50.6 Å². The van der Waals surface area contributed by atoms with E-state index < -0.39 is 0 Å². The fourth-order valence-corrected chi connectivity index (χ4v) is 6.79. The highest BCUT2D eigenvalue weighted by molar-refractivity contribution is 6.91. The molecule has 40 heavy (non-hydrogen) atoms. The highest BCUT2D eigenvalue weighted by Gasteiger charge is 2.48. The van der Waals surface area contributed by atoms with Crippen LogP contribution >= 0.6 is 0 Å². The van der Waals surface area contributed by atoms with Crippen molar-refractivity contribution < 1.29 is 0 Å². The Morgan fingerprint density at radius 2 is 1.43 bits per heavy atom. The van der Waals surface area contributed by atoms with Gasteiger partial charge in [-0.15, -0.1) is 0 Å². The molecule has 0 spiro atoms. The van der Waals surface area contributed by atoms with Crippen LogP contribution in [0.3, 0.4) is 0 Å². The van der Waals surface area contributed by atoms with Gasteiger partial charge in [-0.3, -0.25) is 0 Å². The van der Waals surface area contributed by atoms with Crippen molar-refractivity contribution in [1.82, 2.24) is 0 Å². The lowest BCUT2D eigenvalue weighted by Crippen LogP contribution is -2.53. The van der Waals surface area contributed by atoms with Crippen molar-refractivity contribution in [3.8, 4) is 0 Å². The summed E-state index contributed by atoms with van der Waals surface area (Å²) in [5, 5.41) is 0. The molecule has 0 amide bonds. The van der Waals surface area contributed by atoms with Crippen LogP contribution < -0.4 is 15.3 Å². The molecular formula is C37H33BN2. The summed E-state index contributed by atoms with van der Waals surface area (Å²) < 4.78 is 0. The van der Waals surface area contributed by atoms with E-state index in [2.05, 4.69) is 151 Å². The zero-order chi connectivity index (χ0) is 27.3. The third kappa shape index (κ3) is 3.80. The second-order valence-corrected chi connectivity index (χ2v) is 11.5. The summed E-state index contributed by atoms with van der Waals surface area (Å²) in [5.74, 6) is 0. The first-order chi connectivity index (χ1) is 19.6. The van der Waals surface area contributed by atoms with Crippen LogP contribution in [-0.2, 0) is 0 Å². The Kier molecular flexibility index (Phi) is 5.89. The van der Waals surface area contributed by atoms with Gasteiger partial charge < -0.3 is 9.80 Å². The predicted molar refractivity (Wildman–Crippen MR) is 172 cm³/mol. The predicted octanol–water partition coefficient (Wildman–Crippen LogP) is 8.89. The van der Waals surface area contributed by atoms with Crippen molar-refractivity contribution in [2.75, 3.05) is 9.80 Å². The van der Waals surface area contributed by atoms with Gasteiger partial charge in [-0.1, -0.05) is 111 Å². The Bertz CT molecular complexity index is 1680. The molecule has 0 saturated heterocycles. The van der Waals surface area contributed by atoms with Crippen molar-refractivity contribution >= 4 is 34.9 Å². The highest BCUT2D eigenvalue weighted by atomic mass is 15.2. The second-order valence-electron chi connectivity index (χ2n) is 11.5. The van der Waals surface area contributed by atoms with Crippen LogP contribution in [-0.4, -0.2) is 6.71 Å². The van der Waals surface area contributed by atoms with Gasteiger partial charge in [0.05, 0.1) is 0 Å². The van der Waals surface area contributed by atoms with Gasteiger partial charge in [0.15, 0.2) is 0 Å². The molecular weight excluding hydrogens is 483 g/mol. The fraction of sp³-hybridized carbons (Fsp3) is 0.135. The van der Waals surface area contributed by atoms with Crippen LogP contribution in [0, 0.1) is 5.41 Å². The van der Waals surface area contributed by atoms with E-state index in [0.29, 0.717) is 0 Å². The summed E-state index contributed by atoms with van der Waals surface area (Å²) in [6.07, 6.45) is 19.9. The van der Waals surface area contributed by atoms with E-state index in [-0.39, 0.29) is 12.1 Å². The summed E-state index contributed by atoms with van der Waals surface area (Å²) in [4.78, 5) is 4.98. The minimum Gasteiger partial charge on any atom is -0.315 e. The van der Waals surface area contributed by atoms with E-state index in [4.69, 9.17) is 6.58 Å². The maximum absolute atomic E-state index is 4.72. The van der Waals surface area contributed by atoms with Crippen molar-refractivity contribution in [2.24, 2.45) is 5.41 Å². The van der Waals surface area contributed by atoms with Crippen molar-refractivity contribution in [3.63, 3.8) is 0 Å². The minimum absolute atomic E-state index is 0.0737. The standard InChI is InChI=1S/C37H33BN2/c1-27-17-8-7-15-26-37(2,3)36-34(27)38-30-22-13-6-14-23-31(30)39(28-18-9-4-10-19-28)32-24-16-25-33(35(32)38)40(36)29-20-11-5-12-21-29/h4-13,15-25H,1,14,26H2,2-3H3/b15-7-,17-8-. The first-order valence-electron chi connectivity index (χ1n) is 14.2. The lowest BCUT2D eigenvalue weighted by molar-refractivity contribution is 0.444. The normalized spacial score (nSPS) is 20.6. The summed E-state index contributed by atoms with van der Waals surface area (Å²) >= 11 is 0. The van der Waals surface area contributed by atoms with Crippen LogP contribution in [0.5, 0.6) is 0 Å². The number of hydrogen-bond donors (Lipinski definition) is 0. The maximum Gasteiger partial charge on any atom is 0.252 e. The van der Waals surface area contributed by atoms with Gasteiger partial charge in [0.25, 0.3) is 6.71 Å². The topological polar surface area (TPSA) is 6.48 Å². The molecule has 7 rings (SSSR count). The van der Waals surface area contributed by atoms with Gasteiger partial charge in [0.1, 0.15) is 0 Å². The van der Waals surface area contributed by atoms with Crippen LogP contribution in [0.2, 0.25) is 0 Å². The Hall–Kier alpha value is -4.50. The third-order valence-electron chi connectivity index (χ3n) is 8.49. The number of nitrogens with zero attached hydrogens (tertiary/aromatic N) is 2. The van der Waals surface area contributed by atoms with Gasteiger partial charge >= 0.3 is 0 Å². The molecule has 4 aliphatic rings. The summed E-state index contributed by atoms with van der Waals surface area (Å²) in [6.45, 7) is 9.55. The summed E-state index contributed by atoms with van der Waals surface area (Å²) in [7, 11) is 0. The SMILES string of the molecule is C=C1/C=C\C=C/CC(C)(C)C2=C1B1C3=CC=CCC=C3N(c3ccccc3)c3cccc(c31)N2c1ccccc1. The van der Waals surface area contributed by atoms with E-state index >= 15 is 0 Å². The molecule has 0 radical (unpaired) electrons. The van der Waals surface area contributed by atoms with Crippen LogP contribution in [0.15, 0.2) is 162 Å². The number of rotatable bonds is 2. The van der Waals surface area contributed by atoms with E-state index in [1.54, 1.807) is 0 Å². The van der Waals surface area contributed by atoms with E-state index in [1.807, 2.05) is 0 Å². The zero-order valence-electron chi connectivity index (χ0n) is 23.2. The lowest BCUT2D eigenvalue weighted by atomic mass is 9.30. The number of fused-ring (bicyclic) bond motifs is 3. The average molecular weight is 516 g/mol. The average Bonchev–Trinajstić information content (AvgIpc) is 3.20. The van der Waals surface area contributed by atoms with Gasteiger partial charge in [0.2, 0.25) is 0 Å². The highest BCUT2D eigenvalue weighted by Crippen LogP contribution is 2.52. The molecule has 3 aromatic rings. The van der Waals surface area contributed by atoms with Crippen LogP contribution in [0.1, 0.15) is 26.7 Å². The largest absolute Gasteiger partial charge is 0.315 e. The van der Waals surface area contributed by atoms with Gasteiger partial charge in [-0.05, 0) is 71.2 Å². The molecule has 0 saturated carbocycles. The van der Waals surface area contributed by atoms with Gasteiger partial charge in [0, 0.05) is 39.6 Å². The molecule has 0 atom stereocenters. The Morgan fingerprint density at radius 1 is 0.750 bits per heavy atom. The quantitative estimate of drug-likeness (QED) is 0.314. The molecule has 0 aromatic heterocycles. The van der Waals surface area contributed by atoms with Gasteiger partial charge in [-0.25, -0.2) is 0 Å². The smallest absolute Gasteiger partial charge is 0.252 e. The van der Waals surface area contributed by atoms with E-state index in [9.17, 15) is 0 Å². The van der Waals surface area contributed by atoms with E-state index in [0.717, 1.165) is 18.4 Å². The Labute approximate surface area is 238 Å². The molecule has 0 bridgehead atoms. The number of para-hydroxylation sites is 2. The summed E-state index contributed by atoms with van der Waals surface area (Å²) in [6, 6.07) is 28.5. The molecule has 2 aliphatic heterocycles. The third-order valence-corrected chi connectivity index (χ3v) is 8.49. The lowest BCUT2D eigenvalue weighted by Gasteiger charge is -2.49. The molecule has 3 aromatic carbocycles. The first kappa shape index (κ1) is 24.5. The van der Waals surface area contributed by atoms with Crippen LogP contribution in [0.4, 0.5) is 22.7 Å². The zero-order valence-corrected chi connectivity index (χ0v) is 23.2. The minimum atomic E-state index is -0.133. The van der Waals surface area contributed by atoms with Gasteiger partial charge in [-0.2, -0.15) is 0 Å². The van der Waals surface area contributed by atoms with Crippen molar-refractivity contribution in [1.29, 1.82) is 0 Å². The first-order valence-corrected chi connectivity index (χ1v) is 14.2. The molecule has 0 N–H and O–H groups in total. The molecule has 0 unspecified atom stereocenters. The fourth-order valence-electron chi connectivity index (χ4n) is 6.79.